The van der Waals surface area contributed by atoms with Gasteiger partial charge in [0.25, 0.3) is 0 Å². The molecule has 0 bridgehead atoms. The summed E-state index contributed by atoms with van der Waals surface area (Å²) in [6.07, 6.45) is 0. The van der Waals surface area contributed by atoms with Gasteiger partial charge in [-0.15, -0.1) is 0 Å². The Kier molecular flexibility index (Phi) is 6.47. The zero-order valence-electron chi connectivity index (χ0n) is 23.9. The highest BCUT2D eigenvalue weighted by molar-refractivity contribution is 6.08. The predicted octanol–water partition coefficient (Wildman–Crippen LogP) is 10.5. The van der Waals surface area contributed by atoms with E-state index < -0.39 is 0 Å². The molecule has 3 heteroatoms. The Bertz CT molecular complexity index is 2190. The lowest BCUT2D eigenvalue weighted by molar-refractivity contribution is 1.07. The monoisotopic (exact) mass is 561 g/mol. The molecular formula is C41H27N3. The van der Waals surface area contributed by atoms with E-state index in [-0.39, 0.29) is 0 Å². The van der Waals surface area contributed by atoms with Gasteiger partial charge in [0.2, 0.25) is 0 Å². The van der Waals surface area contributed by atoms with Crippen LogP contribution in [0.2, 0.25) is 0 Å². The van der Waals surface area contributed by atoms with E-state index in [0.29, 0.717) is 17.5 Å². The van der Waals surface area contributed by atoms with Crippen LogP contribution in [0.1, 0.15) is 0 Å². The van der Waals surface area contributed by atoms with E-state index in [0.717, 1.165) is 22.3 Å². The van der Waals surface area contributed by atoms with Gasteiger partial charge < -0.3 is 0 Å². The van der Waals surface area contributed by atoms with Crippen LogP contribution in [-0.4, -0.2) is 15.0 Å². The molecule has 0 saturated carbocycles. The van der Waals surface area contributed by atoms with Gasteiger partial charge in [-0.05, 0) is 43.8 Å². The number of hydrogen-bond donors (Lipinski definition) is 0. The van der Waals surface area contributed by atoms with Gasteiger partial charge in [0.15, 0.2) is 17.5 Å². The second-order valence-electron chi connectivity index (χ2n) is 10.9. The summed E-state index contributed by atoms with van der Waals surface area (Å²) in [5.41, 5.74) is 7.67. The summed E-state index contributed by atoms with van der Waals surface area (Å²) >= 11 is 0. The number of aromatic nitrogens is 3. The Hall–Kier alpha value is -5.93. The summed E-state index contributed by atoms with van der Waals surface area (Å²) in [7, 11) is 0. The van der Waals surface area contributed by atoms with Crippen molar-refractivity contribution >= 4 is 21.5 Å². The fourth-order valence-corrected chi connectivity index (χ4v) is 5.99. The van der Waals surface area contributed by atoms with E-state index in [1.165, 1.54) is 38.2 Å². The van der Waals surface area contributed by atoms with Crippen molar-refractivity contribution in [1.82, 2.24) is 15.0 Å². The smallest absolute Gasteiger partial charge is 0.164 e. The van der Waals surface area contributed by atoms with Crippen LogP contribution < -0.4 is 0 Å². The summed E-state index contributed by atoms with van der Waals surface area (Å²) in [6.45, 7) is 0. The summed E-state index contributed by atoms with van der Waals surface area (Å²) in [6, 6.07) is 57.1. The number of benzene rings is 7. The highest BCUT2D eigenvalue weighted by atomic mass is 15.0. The van der Waals surface area contributed by atoms with Gasteiger partial charge in [-0.25, -0.2) is 15.0 Å². The van der Waals surface area contributed by atoms with E-state index in [2.05, 4.69) is 103 Å². The molecule has 0 aliphatic rings. The van der Waals surface area contributed by atoms with Crippen molar-refractivity contribution in [2.75, 3.05) is 0 Å². The first-order valence-corrected chi connectivity index (χ1v) is 14.8. The number of rotatable bonds is 5. The standard InChI is InChI=1S/C41H27N3/c1-3-14-31(15-4-1)39-42-40(32-16-5-2-6-17-32)44-41(43-39)33-24-22-30(23-25-33)38-35-20-10-8-13-29(35)26-27-37(38)36-21-11-18-28-12-7-9-19-34(28)36/h1-27H. The van der Waals surface area contributed by atoms with Gasteiger partial charge in [-0.1, -0.05) is 164 Å². The molecule has 3 nitrogen and oxygen atoms in total. The quantitative estimate of drug-likeness (QED) is 0.210. The van der Waals surface area contributed by atoms with Crippen LogP contribution in [0.5, 0.6) is 0 Å². The molecule has 0 unspecified atom stereocenters. The minimum absolute atomic E-state index is 0.649. The van der Waals surface area contributed by atoms with E-state index in [9.17, 15) is 0 Å². The lowest BCUT2D eigenvalue weighted by Crippen LogP contribution is -2.00. The van der Waals surface area contributed by atoms with Crippen molar-refractivity contribution in [1.29, 1.82) is 0 Å². The second-order valence-corrected chi connectivity index (χ2v) is 10.9. The third kappa shape index (κ3) is 4.71. The molecule has 0 atom stereocenters. The van der Waals surface area contributed by atoms with Crippen LogP contribution in [0.15, 0.2) is 164 Å². The van der Waals surface area contributed by atoms with E-state index in [1.54, 1.807) is 0 Å². The zero-order valence-corrected chi connectivity index (χ0v) is 23.9. The molecule has 0 saturated heterocycles. The topological polar surface area (TPSA) is 38.7 Å². The van der Waals surface area contributed by atoms with E-state index in [4.69, 9.17) is 15.0 Å². The maximum absolute atomic E-state index is 4.93. The van der Waals surface area contributed by atoms with E-state index >= 15 is 0 Å². The lowest BCUT2D eigenvalue weighted by Gasteiger charge is -2.16. The molecule has 1 aromatic heterocycles. The highest BCUT2D eigenvalue weighted by Gasteiger charge is 2.16. The average Bonchev–Trinajstić information content (AvgIpc) is 3.11. The summed E-state index contributed by atoms with van der Waals surface area (Å²) in [5, 5.41) is 4.92. The molecule has 0 radical (unpaired) electrons. The van der Waals surface area contributed by atoms with Crippen molar-refractivity contribution in [3.8, 4) is 56.4 Å². The maximum atomic E-state index is 4.93. The Labute approximate surface area is 256 Å². The molecular weight excluding hydrogens is 534 g/mol. The average molecular weight is 562 g/mol. The van der Waals surface area contributed by atoms with Gasteiger partial charge in [0.05, 0.1) is 0 Å². The third-order valence-electron chi connectivity index (χ3n) is 8.14. The molecule has 44 heavy (non-hydrogen) atoms. The fourth-order valence-electron chi connectivity index (χ4n) is 5.99. The molecule has 0 amide bonds. The fraction of sp³-hybridized carbons (Fsp3) is 0. The van der Waals surface area contributed by atoms with Gasteiger partial charge in [0, 0.05) is 16.7 Å². The van der Waals surface area contributed by atoms with Crippen LogP contribution in [0.3, 0.4) is 0 Å². The van der Waals surface area contributed by atoms with Crippen LogP contribution >= 0.6 is 0 Å². The van der Waals surface area contributed by atoms with Crippen LogP contribution in [0, 0.1) is 0 Å². The molecule has 1 heterocycles. The second kappa shape index (κ2) is 11.0. The van der Waals surface area contributed by atoms with Crippen molar-refractivity contribution < 1.29 is 0 Å². The van der Waals surface area contributed by atoms with Crippen molar-refractivity contribution in [3.63, 3.8) is 0 Å². The lowest BCUT2D eigenvalue weighted by atomic mass is 9.87. The van der Waals surface area contributed by atoms with Crippen molar-refractivity contribution in [2.24, 2.45) is 0 Å². The normalized spacial score (nSPS) is 11.2. The largest absolute Gasteiger partial charge is 0.208 e. The Morgan fingerprint density at radius 3 is 1.34 bits per heavy atom. The molecule has 0 spiro atoms. The minimum Gasteiger partial charge on any atom is -0.208 e. The first kappa shape index (κ1) is 25.8. The van der Waals surface area contributed by atoms with Gasteiger partial charge in [-0.2, -0.15) is 0 Å². The van der Waals surface area contributed by atoms with Crippen LogP contribution in [-0.2, 0) is 0 Å². The Morgan fingerprint density at radius 1 is 0.273 bits per heavy atom. The van der Waals surface area contributed by atoms with Gasteiger partial charge >= 0.3 is 0 Å². The molecule has 0 N–H and O–H groups in total. The Balaban J connectivity index is 1.29. The SMILES string of the molecule is c1ccc(-c2nc(-c3ccccc3)nc(-c3ccc(-c4c(-c5cccc6ccccc56)ccc5ccccc45)cc3)n2)cc1. The van der Waals surface area contributed by atoms with Crippen LogP contribution in [0.25, 0.3) is 78.0 Å². The van der Waals surface area contributed by atoms with Gasteiger partial charge in [0.1, 0.15) is 0 Å². The van der Waals surface area contributed by atoms with E-state index in [1.807, 2.05) is 60.7 Å². The molecule has 0 aliphatic carbocycles. The van der Waals surface area contributed by atoms with Crippen molar-refractivity contribution in [3.05, 3.63) is 164 Å². The first-order chi connectivity index (χ1) is 21.8. The summed E-state index contributed by atoms with van der Waals surface area (Å²) < 4.78 is 0. The molecule has 8 rings (SSSR count). The van der Waals surface area contributed by atoms with Crippen LogP contribution in [0.4, 0.5) is 0 Å². The number of fused-ring (bicyclic) bond motifs is 2. The zero-order chi connectivity index (χ0) is 29.3. The third-order valence-corrected chi connectivity index (χ3v) is 8.14. The molecule has 7 aromatic carbocycles. The summed E-state index contributed by atoms with van der Waals surface area (Å²) in [5.74, 6) is 1.97. The first-order valence-electron chi connectivity index (χ1n) is 14.8. The molecule has 206 valence electrons. The predicted molar refractivity (Wildman–Crippen MR) is 182 cm³/mol. The Morgan fingerprint density at radius 2 is 0.727 bits per heavy atom. The molecule has 8 aromatic rings. The maximum Gasteiger partial charge on any atom is 0.164 e. The molecule has 0 fully saturated rings. The number of hydrogen-bond acceptors (Lipinski definition) is 3. The summed E-state index contributed by atoms with van der Waals surface area (Å²) in [4.78, 5) is 14.7. The van der Waals surface area contributed by atoms with Crippen molar-refractivity contribution in [2.45, 2.75) is 0 Å². The highest BCUT2D eigenvalue weighted by Crippen LogP contribution is 2.41. The minimum atomic E-state index is 0.649. The molecule has 0 aliphatic heterocycles. The van der Waals surface area contributed by atoms with Gasteiger partial charge in [-0.3, -0.25) is 0 Å². The number of nitrogens with zero attached hydrogens (tertiary/aromatic N) is 3.